The number of nitrogens with zero attached hydrogens (tertiary/aromatic N) is 1. The van der Waals surface area contributed by atoms with Crippen LogP contribution in [0.1, 0.15) is 11.1 Å². The maximum absolute atomic E-state index is 13.8. The topological polar surface area (TPSA) is 29.5 Å². The number of carbonyl (C=O) groups is 1. The third-order valence-corrected chi connectivity index (χ3v) is 3.70. The average molecular weight is 324 g/mol. The molecule has 0 saturated heterocycles. The lowest BCUT2D eigenvalue weighted by atomic mass is 10.1. The Morgan fingerprint density at radius 1 is 1.18 bits per heavy atom. The van der Waals surface area contributed by atoms with E-state index in [2.05, 4.69) is 0 Å². The van der Waals surface area contributed by atoms with Crippen LogP contribution in [0.15, 0.2) is 36.4 Å². The van der Waals surface area contributed by atoms with Gasteiger partial charge in [0.05, 0.1) is 0 Å². The molecule has 0 spiro atoms. The lowest BCUT2D eigenvalue weighted by molar-refractivity contribution is -0.133. The van der Waals surface area contributed by atoms with Gasteiger partial charge in [-0.3, -0.25) is 4.79 Å². The summed E-state index contributed by atoms with van der Waals surface area (Å²) in [5, 5.41) is 0.532. The molecule has 2 aromatic carbocycles. The zero-order valence-corrected chi connectivity index (χ0v) is 12.2. The van der Waals surface area contributed by atoms with Gasteiger partial charge in [0.1, 0.15) is 17.4 Å². The first-order chi connectivity index (χ1) is 10.5. The molecule has 0 atom stereocenters. The highest BCUT2D eigenvalue weighted by molar-refractivity contribution is 6.30. The van der Waals surface area contributed by atoms with E-state index < -0.39 is 11.6 Å². The van der Waals surface area contributed by atoms with E-state index in [1.54, 1.807) is 18.2 Å². The normalized spacial score (nSPS) is 14.3. The highest BCUT2D eigenvalue weighted by Crippen LogP contribution is 2.27. The lowest BCUT2D eigenvalue weighted by Gasteiger charge is -2.20. The van der Waals surface area contributed by atoms with E-state index >= 15 is 0 Å². The van der Waals surface area contributed by atoms with Gasteiger partial charge in [-0.15, -0.1) is 0 Å². The molecule has 0 aromatic heterocycles. The molecular weight excluding hydrogens is 312 g/mol. The molecule has 0 saturated carbocycles. The molecule has 0 aliphatic carbocycles. The molecule has 1 amide bonds. The van der Waals surface area contributed by atoms with Crippen molar-refractivity contribution in [1.82, 2.24) is 4.90 Å². The largest absolute Gasteiger partial charge is 0.483 e. The summed E-state index contributed by atoms with van der Waals surface area (Å²) < 4.78 is 32.1. The number of benzene rings is 2. The van der Waals surface area contributed by atoms with Gasteiger partial charge in [-0.2, -0.15) is 0 Å². The lowest BCUT2D eigenvalue weighted by Crippen LogP contribution is -2.32. The third kappa shape index (κ3) is 3.04. The maximum atomic E-state index is 13.8. The Kier molecular flexibility index (Phi) is 3.98. The minimum atomic E-state index is -0.677. The molecule has 1 aliphatic rings. The number of hydrogen-bond acceptors (Lipinski definition) is 2. The van der Waals surface area contributed by atoms with Crippen molar-refractivity contribution in [2.75, 3.05) is 6.61 Å². The summed E-state index contributed by atoms with van der Waals surface area (Å²) in [6, 6.07) is 8.40. The van der Waals surface area contributed by atoms with E-state index in [1.165, 1.54) is 17.0 Å². The van der Waals surface area contributed by atoms with E-state index in [1.807, 2.05) is 0 Å². The van der Waals surface area contributed by atoms with E-state index in [0.29, 0.717) is 10.8 Å². The second kappa shape index (κ2) is 5.93. The predicted octanol–water partition coefficient (Wildman–Crippen LogP) is 3.54. The Hall–Kier alpha value is -2.14. The van der Waals surface area contributed by atoms with Crippen LogP contribution < -0.4 is 4.74 Å². The van der Waals surface area contributed by atoms with Gasteiger partial charge in [0.2, 0.25) is 0 Å². The van der Waals surface area contributed by atoms with Crippen molar-refractivity contribution >= 4 is 17.5 Å². The Balaban J connectivity index is 1.87. The van der Waals surface area contributed by atoms with Crippen LogP contribution in [-0.4, -0.2) is 17.4 Å². The molecule has 3 nitrogen and oxygen atoms in total. The zero-order valence-electron chi connectivity index (χ0n) is 11.5. The average Bonchev–Trinajstić information content (AvgIpc) is 2.62. The van der Waals surface area contributed by atoms with Crippen LogP contribution in [-0.2, 0) is 17.9 Å². The van der Waals surface area contributed by atoms with Gasteiger partial charge >= 0.3 is 0 Å². The molecule has 0 radical (unpaired) electrons. The van der Waals surface area contributed by atoms with Gasteiger partial charge in [0.25, 0.3) is 5.91 Å². The van der Waals surface area contributed by atoms with Gasteiger partial charge in [0, 0.05) is 35.3 Å². The summed E-state index contributed by atoms with van der Waals surface area (Å²) in [7, 11) is 0. The molecule has 0 bridgehead atoms. The third-order valence-electron chi connectivity index (χ3n) is 3.46. The maximum Gasteiger partial charge on any atom is 0.261 e. The van der Waals surface area contributed by atoms with Crippen LogP contribution >= 0.6 is 11.6 Å². The molecule has 1 heterocycles. The first-order valence-electron chi connectivity index (χ1n) is 6.66. The highest BCUT2D eigenvalue weighted by Gasteiger charge is 2.22. The van der Waals surface area contributed by atoms with E-state index in [0.717, 1.165) is 11.6 Å². The van der Waals surface area contributed by atoms with Crippen molar-refractivity contribution in [3.8, 4) is 5.75 Å². The Morgan fingerprint density at radius 2 is 2.00 bits per heavy atom. The smallest absolute Gasteiger partial charge is 0.261 e. The van der Waals surface area contributed by atoms with Gasteiger partial charge < -0.3 is 9.64 Å². The fraction of sp³-hybridized carbons (Fsp3) is 0.188. The molecule has 2 aromatic rings. The number of rotatable bonds is 2. The molecule has 0 N–H and O–H groups in total. The van der Waals surface area contributed by atoms with Crippen LogP contribution in [0.2, 0.25) is 5.02 Å². The quantitative estimate of drug-likeness (QED) is 0.846. The summed E-state index contributed by atoms with van der Waals surface area (Å²) in [6.07, 6.45) is 0. The van der Waals surface area contributed by atoms with E-state index in [4.69, 9.17) is 16.3 Å². The Morgan fingerprint density at radius 3 is 2.77 bits per heavy atom. The number of amides is 1. The minimum Gasteiger partial charge on any atom is -0.483 e. The molecule has 1 aliphatic heterocycles. The van der Waals surface area contributed by atoms with Crippen molar-refractivity contribution in [3.05, 3.63) is 64.2 Å². The molecule has 114 valence electrons. The Labute approximate surface area is 131 Å². The first-order valence-corrected chi connectivity index (χ1v) is 7.03. The van der Waals surface area contributed by atoms with Crippen molar-refractivity contribution in [2.24, 2.45) is 0 Å². The predicted molar refractivity (Wildman–Crippen MR) is 77.6 cm³/mol. The molecule has 0 fully saturated rings. The van der Waals surface area contributed by atoms with Crippen molar-refractivity contribution in [3.63, 3.8) is 0 Å². The molecular formula is C16H12ClF2NO2. The van der Waals surface area contributed by atoms with Gasteiger partial charge in [-0.05, 0) is 24.3 Å². The summed E-state index contributed by atoms with van der Waals surface area (Å²) in [6.45, 7) is 0.170. The van der Waals surface area contributed by atoms with Crippen molar-refractivity contribution < 1.29 is 18.3 Å². The van der Waals surface area contributed by atoms with E-state index in [-0.39, 0.29) is 31.2 Å². The van der Waals surface area contributed by atoms with Crippen molar-refractivity contribution in [2.45, 2.75) is 13.1 Å². The molecule has 22 heavy (non-hydrogen) atoms. The fourth-order valence-electron chi connectivity index (χ4n) is 2.34. The number of ether oxygens (including phenoxy) is 1. The monoisotopic (exact) mass is 323 g/mol. The number of halogens is 3. The van der Waals surface area contributed by atoms with Gasteiger partial charge in [-0.25, -0.2) is 8.78 Å². The summed E-state index contributed by atoms with van der Waals surface area (Å²) in [5.41, 5.74) is 1.00. The fourth-order valence-corrected chi connectivity index (χ4v) is 2.53. The van der Waals surface area contributed by atoms with Crippen molar-refractivity contribution in [1.29, 1.82) is 0 Å². The highest BCUT2D eigenvalue weighted by atomic mass is 35.5. The van der Waals surface area contributed by atoms with Crippen LogP contribution in [0.4, 0.5) is 8.78 Å². The molecule has 0 unspecified atom stereocenters. The summed E-state index contributed by atoms with van der Waals surface area (Å²) in [4.78, 5) is 13.6. The summed E-state index contributed by atoms with van der Waals surface area (Å²) in [5.74, 6) is -1.01. The van der Waals surface area contributed by atoms with Crippen LogP contribution in [0, 0.1) is 11.6 Å². The zero-order chi connectivity index (χ0) is 15.7. The first kappa shape index (κ1) is 14.8. The second-order valence-electron chi connectivity index (χ2n) is 5.03. The van der Waals surface area contributed by atoms with Gasteiger partial charge in [0.15, 0.2) is 6.61 Å². The van der Waals surface area contributed by atoms with Crippen LogP contribution in [0.5, 0.6) is 5.75 Å². The number of fused-ring (bicyclic) bond motifs is 1. The minimum absolute atomic E-state index is 0.0419. The molecule has 6 heteroatoms. The SMILES string of the molecule is O=C1COc2ccc(Cl)cc2CN1Cc1ccc(F)cc1F. The number of carbonyl (C=O) groups excluding carboxylic acids is 1. The van der Waals surface area contributed by atoms with Crippen LogP contribution in [0.3, 0.4) is 0 Å². The standard InChI is InChI=1S/C16H12ClF2NO2/c17-12-2-4-15-11(5-12)8-20(16(21)9-22-15)7-10-1-3-13(18)6-14(10)19/h1-6H,7-9H2. The molecule has 3 rings (SSSR count). The summed E-state index contributed by atoms with van der Waals surface area (Å²) >= 11 is 5.96. The van der Waals surface area contributed by atoms with Crippen LogP contribution in [0.25, 0.3) is 0 Å². The Bertz CT molecular complexity index is 736. The van der Waals surface area contributed by atoms with Gasteiger partial charge in [-0.1, -0.05) is 17.7 Å². The second-order valence-corrected chi connectivity index (χ2v) is 5.46. The number of hydrogen-bond donors (Lipinski definition) is 0. The van der Waals surface area contributed by atoms with E-state index in [9.17, 15) is 13.6 Å².